The van der Waals surface area contributed by atoms with Crippen molar-refractivity contribution < 1.29 is 9.53 Å². The average Bonchev–Trinajstić information content (AvgIpc) is 2.46. The van der Waals surface area contributed by atoms with Crippen LogP contribution in [-0.4, -0.2) is 17.0 Å². The number of aromatic nitrogens is 1. The summed E-state index contributed by atoms with van der Waals surface area (Å²) in [5.74, 6) is 0.995. The first-order valence-corrected chi connectivity index (χ1v) is 7.77. The van der Waals surface area contributed by atoms with Gasteiger partial charge in [-0.3, -0.25) is 4.79 Å². The van der Waals surface area contributed by atoms with E-state index in [0.29, 0.717) is 11.6 Å². The number of hydrogen-bond donors (Lipinski definition) is 1. The summed E-state index contributed by atoms with van der Waals surface area (Å²) in [7, 11) is 0. The molecular formula is C19H24N2O2. The first kappa shape index (κ1) is 17.0. The van der Waals surface area contributed by atoms with Gasteiger partial charge in [-0.05, 0) is 49.1 Å². The molecule has 0 fully saturated rings. The zero-order chi connectivity index (χ0) is 17.0. The number of carbonyl (C=O) groups excluding carboxylic acids is 1. The molecule has 0 saturated carbocycles. The Bertz CT molecular complexity index is 673. The second kappa shape index (κ2) is 6.82. The molecule has 2 rings (SSSR count). The highest BCUT2D eigenvalue weighted by Crippen LogP contribution is 2.24. The first-order chi connectivity index (χ1) is 10.8. The number of benzene rings is 1. The number of aryl methyl sites for hydroxylation is 1. The lowest BCUT2D eigenvalue weighted by Crippen LogP contribution is -2.30. The first-order valence-electron chi connectivity index (χ1n) is 7.77. The van der Waals surface area contributed by atoms with E-state index in [-0.39, 0.29) is 11.3 Å². The molecule has 0 radical (unpaired) electrons. The van der Waals surface area contributed by atoms with Gasteiger partial charge in [-0.25, -0.2) is 4.98 Å². The van der Waals surface area contributed by atoms with Crippen LogP contribution in [0.4, 0.5) is 5.82 Å². The van der Waals surface area contributed by atoms with Gasteiger partial charge in [-0.15, -0.1) is 0 Å². The van der Waals surface area contributed by atoms with E-state index in [4.69, 9.17) is 4.74 Å². The third-order valence-corrected chi connectivity index (χ3v) is 3.54. The van der Waals surface area contributed by atoms with Crippen LogP contribution >= 0.6 is 0 Å². The Hall–Kier alpha value is -2.36. The number of carbonyl (C=O) groups is 1. The smallest absolute Gasteiger partial charge is 0.266 e. The Kier molecular flexibility index (Phi) is 5.04. The maximum Gasteiger partial charge on any atom is 0.266 e. The summed E-state index contributed by atoms with van der Waals surface area (Å²) in [6, 6.07) is 13.4. The molecule has 1 heterocycles. The lowest BCUT2D eigenvalue weighted by molar-refractivity contribution is -0.122. The number of ether oxygens (including phenoxy) is 1. The monoisotopic (exact) mass is 312 g/mol. The predicted octanol–water partition coefficient (Wildman–Crippen LogP) is 4.09. The highest BCUT2D eigenvalue weighted by molar-refractivity contribution is 5.93. The van der Waals surface area contributed by atoms with Crippen LogP contribution in [0, 0.1) is 6.92 Å². The van der Waals surface area contributed by atoms with E-state index in [2.05, 4.69) is 31.1 Å². The van der Waals surface area contributed by atoms with Crippen LogP contribution in [0.15, 0.2) is 42.5 Å². The van der Waals surface area contributed by atoms with Crippen molar-refractivity contribution in [2.75, 3.05) is 5.32 Å². The van der Waals surface area contributed by atoms with Gasteiger partial charge in [0.2, 0.25) is 0 Å². The van der Waals surface area contributed by atoms with Crippen molar-refractivity contribution in [2.24, 2.45) is 0 Å². The molecule has 1 atom stereocenters. The summed E-state index contributed by atoms with van der Waals surface area (Å²) < 4.78 is 5.71. The number of amides is 1. The molecule has 0 aliphatic rings. The Morgan fingerprint density at radius 1 is 1.13 bits per heavy atom. The van der Waals surface area contributed by atoms with Gasteiger partial charge in [0.15, 0.2) is 6.10 Å². The minimum atomic E-state index is -0.599. The molecule has 0 spiro atoms. The number of hydrogen-bond acceptors (Lipinski definition) is 3. The number of nitrogens with one attached hydrogen (secondary N) is 1. The van der Waals surface area contributed by atoms with Crippen LogP contribution in [0.2, 0.25) is 0 Å². The minimum absolute atomic E-state index is 0.0956. The van der Waals surface area contributed by atoms with Crippen molar-refractivity contribution in [3.05, 3.63) is 53.7 Å². The van der Waals surface area contributed by atoms with Crippen LogP contribution < -0.4 is 10.1 Å². The minimum Gasteiger partial charge on any atom is -0.481 e. The fourth-order valence-corrected chi connectivity index (χ4v) is 2.13. The molecule has 0 aliphatic heterocycles. The van der Waals surface area contributed by atoms with E-state index >= 15 is 0 Å². The van der Waals surface area contributed by atoms with Crippen molar-refractivity contribution in [3.63, 3.8) is 0 Å². The van der Waals surface area contributed by atoms with Crippen LogP contribution in [0.1, 0.15) is 39.0 Å². The zero-order valence-corrected chi connectivity index (χ0v) is 14.4. The third-order valence-electron chi connectivity index (χ3n) is 3.54. The van der Waals surface area contributed by atoms with Crippen molar-refractivity contribution in [1.29, 1.82) is 0 Å². The molecule has 4 nitrogen and oxygen atoms in total. The average molecular weight is 312 g/mol. The molecule has 23 heavy (non-hydrogen) atoms. The lowest BCUT2D eigenvalue weighted by Gasteiger charge is -2.20. The molecule has 0 bridgehead atoms. The number of nitrogens with zero attached hydrogens (tertiary/aromatic N) is 1. The highest BCUT2D eigenvalue weighted by Gasteiger charge is 2.17. The summed E-state index contributed by atoms with van der Waals surface area (Å²) >= 11 is 0. The Balaban J connectivity index is 1.98. The summed E-state index contributed by atoms with van der Waals surface area (Å²) in [5, 5.41) is 2.76. The summed E-state index contributed by atoms with van der Waals surface area (Å²) in [6.45, 7) is 10.1. The number of pyridine rings is 1. The predicted molar refractivity (Wildman–Crippen MR) is 92.8 cm³/mol. The molecule has 0 aliphatic carbocycles. The molecule has 0 unspecified atom stereocenters. The van der Waals surface area contributed by atoms with Crippen molar-refractivity contribution in [2.45, 2.75) is 46.1 Å². The Labute approximate surface area is 137 Å². The fourth-order valence-electron chi connectivity index (χ4n) is 2.13. The lowest BCUT2D eigenvalue weighted by atomic mass is 9.87. The van der Waals surface area contributed by atoms with E-state index in [0.717, 1.165) is 5.69 Å². The molecule has 0 saturated heterocycles. The molecule has 1 amide bonds. The van der Waals surface area contributed by atoms with E-state index in [1.54, 1.807) is 13.0 Å². The second-order valence-electron chi connectivity index (χ2n) is 6.69. The standard InChI is InChI=1S/C19H24N2O2/c1-13-7-6-8-17(20-13)21-18(22)14(2)23-16-11-9-15(10-12-16)19(3,4)5/h6-12,14H,1-5H3,(H,20,21,22)/t14-/m0/s1. The number of anilines is 1. The summed E-state index contributed by atoms with van der Waals surface area (Å²) in [4.78, 5) is 16.4. The van der Waals surface area contributed by atoms with Gasteiger partial charge in [0.25, 0.3) is 5.91 Å². The molecule has 1 aromatic carbocycles. The maximum absolute atomic E-state index is 12.2. The quantitative estimate of drug-likeness (QED) is 0.925. The maximum atomic E-state index is 12.2. The van der Waals surface area contributed by atoms with E-state index in [1.165, 1.54) is 5.56 Å². The van der Waals surface area contributed by atoms with Gasteiger partial charge in [-0.2, -0.15) is 0 Å². The van der Waals surface area contributed by atoms with Gasteiger partial charge in [0, 0.05) is 5.69 Å². The molecule has 1 aromatic heterocycles. The van der Waals surface area contributed by atoms with E-state index in [9.17, 15) is 4.79 Å². The van der Waals surface area contributed by atoms with Gasteiger partial charge in [0.1, 0.15) is 11.6 Å². The molecule has 2 aromatic rings. The fraction of sp³-hybridized carbons (Fsp3) is 0.368. The molecule has 1 N–H and O–H groups in total. The normalized spacial score (nSPS) is 12.6. The molecule has 122 valence electrons. The van der Waals surface area contributed by atoms with Crippen molar-refractivity contribution in [1.82, 2.24) is 4.98 Å². The SMILES string of the molecule is Cc1cccc(NC(=O)[C@H](C)Oc2ccc(C(C)(C)C)cc2)n1. The van der Waals surface area contributed by atoms with Gasteiger partial charge in [-0.1, -0.05) is 39.0 Å². The molecule has 4 heteroatoms. The Morgan fingerprint density at radius 2 is 1.78 bits per heavy atom. The van der Waals surface area contributed by atoms with Crippen LogP contribution in [0.25, 0.3) is 0 Å². The van der Waals surface area contributed by atoms with Gasteiger partial charge in [0.05, 0.1) is 0 Å². The van der Waals surface area contributed by atoms with E-state index in [1.807, 2.05) is 43.3 Å². The topological polar surface area (TPSA) is 51.2 Å². The summed E-state index contributed by atoms with van der Waals surface area (Å²) in [5.41, 5.74) is 2.18. The summed E-state index contributed by atoms with van der Waals surface area (Å²) in [6.07, 6.45) is -0.599. The highest BCUT2D eigenvalue weighted by atomic mass is 16.5. The van der Waals surface area contributed by atoms with Crippen LogP contribution in [0.5, 0.6) is 5.75 Å². The second-order valence-corrected chi connectivity index (χ2v) is 6.69. The number of rotatable bonds is 4. The van der Waals surface area contributed by atoms with Gasteiger partial charge >= 0.3 is 0 Å². The van der Waals surface area contributed by atoms with Crippen molar-refractivity contribution in [3.8, 4) is 5.75 Å². The largest absolute Gasteiger partial charge is 0.481 e. The van der Waals surface area contributed by atoms with Gasteiger partial charge < -0.3 is 10.1 Å². The zero-order valence-electron chi connectivity index (χ0n) is 14.4. The van der Waals surface area contributed by atoms with Crippen LogP contribution in [0.3, 0.4) is 0 Å². The van der Waals surface area contributed by atoms with Crippen molar-refractivity contribution >= 4 is 11.7 Å². The molecular weight excluding hydrogens is 288 g/mol. The Morgan fingerprint density at radius 3 is 2.35 bits per heavy atom. The third kappa shape index (κ3) is 4.81. The van der Waals surface area contributed by atoms with Crippen LogP contribution in [-0.2, 0) is 10.2 Å². The van der Waals surface area contributed by atoms with E-state index < -0.39 is 6.10 Å².